The first-order valence-corrected chi connectivity index (χ1v) is 6.79. The molecule has 1 heterocycles. The Morgan fingerprint density at radius 3 is 2.58 bits per heavy atom. The van der Waals surface area contributed by atoms with Crippen molar-refractivity contribution >= 4 is 17.8 Å². The Bertz CT molecular complexity index is 405. The Labute approximate surface area is 112 Å². The zero-order valence-corrected chi connectivity index (χ0v) is 11.3. The first kappa shape index (κ1) is 14.0. The van der Waals surface area contributed by atoms with Gasteiger partial charge >= 0.3 is 5.97 Å². The number of amides is 2. The van der Waals surface area contributed by atoms with Crippen LogP contribution in [0, 0.1) is 0 Å². The van der Waals surface area contributed by atoms with Gasteiger partial charge in [-0.05, 0) is 26.3 Å². The zero-order valence-electron chi connectivity index (χ0n) is 11.3. The van der Waals surface area contributed by atoms with Crippen molar-refractivity contribution in [2.24, 2.45) is 0 Å². The first-order valence-electron chi connectivity index (χ1n) is 6.79. The van der Waals surface area contributed by atoms with Gasteiger partial charge in [-0.25, -0.2) is 0 Å². The number of rotatable bonds is 6. The van der Waals surface area contributed by atoms with Crippen LogP contribution >= 0.6 is 0 Å². The van der Waals surface area contributed by atoms with Gasteiger partial charge in [-0.15, -0.1) is 0 Å². The third-order valence-electron chi connectivity index (χ3n) is 3.87. The molecule has 2 fully saturated rings. The Kier molecular flexibility index (Phi) is 3.89. The fraction of sp³-hybridized carbons (Fsp3) is 0.769. The van der Waals surface area contributed by atoms with Crippen LogP contribution in [0.4, 0.5) is 0 Å². The molecule has 6 heteroatoms. The standard InChI is InChI=1S/C13H20N2O4/c1-3-14(8(2)6-12(17)18)10-7-11(16)15(13(10)19)9-4-5-9/h8-10H,3-7H2,1-2H3,(H,17,18). The Morgan fingerprint density at radius 2 is 2.11 bits per heavy atom. The zero-order chi connectivity index (χ0) is 14.2. The minimum atomic E-state index is -0.887. The number of aliphatic carboxylic acids is 1. The maximum absolute atomic E-state index is 12.3. The van der Waals surface area contributed by atoms with Gasteiger partial charge in [0.2, 0.25) is 11.8 Å². The van der Waals surface area contributed by atoms with Gasteiger partial charge in [-0.2, -0.15) is 0 Å². The van der Waals surface area contributed by atoms with Crippen molar-refractivity contribution in [3.05, 3.63) is 0 Å². The van der Waals surface area contributed by atoms with Crippen molar-refractivity contribution in [1.29, 1.82) is 0 Å². The summed E-state index contributed by atoms with van der Waals surface area (Å²) in [5, 5.41) is 8.85. The van der Waals surface area contributed by atoms with E-state index in [1.165, 1.54) is 4.90 Å². The lowest BCUT2D eigenvalue weighted by atomic mass is 10.1. The normalized spacial score (nSPS) is 25.2. The summed E-state index contributed by atoms with van der Waals surface area (Å²) in [6, 6.07) is -0.630. The van der Waals surface area contributed by atoms with Crippen LogP contribution in [0.25, 0.3) is 0 Å². The van der Waals surface area contributed by atoms with Crippen LogP contribution < -0.4 is 0 Å². The molecule has 6 nitrogen and oxygen atoms in total. The third kappa shape index (κ3) is 2.78. The second-order valence-electron chi connectivity index (χ2n) is 5.33. The fourth-order valence-corrected chi connectivity index (χ4v) is 2.82. The molecule has 19 heavy (non-hydrogen) atoms. The van der Waals surface area contributed by atoms with E-state index < -0.39 is 12.0 Å². The summed E-state index contributed by atoms with van der Waals surface area (Å²) in [4.78, 5) is 38.2. The molecule has 1 aliphatic carbocycles. The summed E-state index contributed by atoms with van der Waals surface area (Å²) in [5.74, 6) is -1.15. The molecule has 0 aromatic rings. The quantitative estimate of drug-likeness (QED) is 0.708. The van der Waals surface area contributed by atoms with Crippen LogP contribution in [0.2, 0.25) is 0 Å². The minimum Gasteiger partial charge on any atom is -0.481 e. The van der Waals surface area contributed by atoms with Crippen molar-refractivity contribution < 1.29 is 19.5 Å². The van der Waals surface area contributed by atoms with Crippen molar-refractivity contribution in [2.45, 2.75) is 57.7 Å². The van der Waals surface area contributed by atoms with E-state index in [-0.39, 0.29) is 36.7 Å². The van der Waals surface area contributed by atoms with Gasteiger partial charge in [-0.1, -0.05) is 6.92 Å². The van der Waals surface area contributed by atoms with Gasteiger partial charge < -0.3 is 5.11 Å². The van der Waals surface area contributed by atoms with Gasteiger partial charge in [0.1, 0.15) is 0 Å². The summed E-state index contributed by atoms with van der Waals surface area (Å²) in [6.07, 6.45) is 1.98. The number of hydrogen-bond acceptors (Lipinski definition) is 4. The molecule has 2 rings (SSSR count). The van der Waals surface area contributed by atoms with Crippen LogP contribution in [0.3, 0.4) is 0 Å². The molecule has 0 radical (unpaired) electrons. The van der Waals surface area contributed by atoms with E-state index in [1.807, 2.05) is 11.8 Å². The topological polar surface area (TPSA) is 77.9 Å². The predicted molar refractivity (Wildman–Crippen MR) is 67.4 cm³/mol. The van der Waals surface area contributed by atoms with Crippen LogP contribution in [0.5, 0.6) is 0 Å². The monoisotopic (exact) mass is 268 g/mol. The number of imide groups is 1. The fourth-order valence-electron chi connectivity index (χ4n) is 2.82. The van der Waals surface area contributed by atoms with Crippen molar-refractivity contribution in [2.75, 3.05) is 6.54 Å². The molecule has 1 aliphatic heterocycles. The summed E-state index contributed by atoms with van der Waals surface area (Å²) in [7, 11) is 0. The molecule has 0 aromatic carbocycles. The number of likely N-dealkylation sites (N-methyl/N-ethyl adjacent to an activating group) is 1. The Hall–Kier alpha value is -1.43. The number of nitrogens with zero attached hydrogens (tertiary/aromatic N) is 2. The number of carbonyl (C=O) groups excluding carboxylic acids is 2. The molecular weight excluding hydrogens is 248 g/mol. The van der Waals surface area contributed by atoms with Gasteiger partial charge in [0, 0.05) is 12.1 Å². The van der Waals surface area contributed by atoms with E-state index in [9.17, 15) is 14.4 Å². The molecule has 2 unspecified atom stereocenters. The highest BCUT2D eigenvalue weighted by Crippen LogP contribution is 2.33. The Balaban J connectivity index is 2.08. The summed E-state index contributed by atoms with van der Waals surface area (Å²) in [6.45, 7) is 4.24. The van der Waals surface area contributed by atoms with E-state index in [4.69, 9.17) is 5.11 Å². The first-order chi connectivity index (χ1) is 8.95. The maximum Gasteiger partial charge on any atom is 0.304 e. The summed E-state index contributed by atoms with van der Waals surface area (Å²) < 4.78 is 0. The number of likely N-dealkylation sites (tertiary alicyclic amines) is 1. The van der Waals surface area contributed by atoms with Crippen LogP contribution in [0.1, 0.15) is 39.5 Å². The highest BCUT2D eigenvalue weighted by molar-refractivity contribution is 6.06. The largest absolute Gasteiger partial charge is 0.481 e. The molecule has 1 saturated heterocycles. The molecule has 0 aromatic heterocycles. The molecule has 106 valence electrons. The van der Waals surface area contributed by atoms with Crippen molar-refractivity contribution in [1.82, 2.24) is 9.80 Å². The van der Waals surface area contributed by atoms with Crippen molar-refractivity contribution in [3.63, 3.8) is 0 Å². The van der Waals surface area contributed by atoms with Crippen molar-refractivity contribution in [3.8, 4) is 0 Å². The molecule has 0 bridgehead atoms. The van der Waals surface area contributed by atoms with E-state index in [1.54, 1.807) is 6.92 Å². The molecule has 2 atom stereocenters. The molecule has 1 saturated carbocycles. The van der Waals surface area contributed by atoms with Gasteiger partial charge in [0.05, 0.1) is 18.9 Å². The SMILES string of the molecule is CCN(C(C)CC(=O)O)C1CC(=O)N(C2CC2)C1=O. The van der Waals surface area contributed by atoms with E-state index in [0.29, 0.717) is 6.54 Å². The summed E-state index contributed by atoms with van der Waals surface area (Å²) >= 11 is 0. The van der Waals surface area contributed by atoms with Gasteiger partial charge in [-0.3, -0.25) is 24.2 Å². The average Bonchev–Trinajstić information content (AvgIpc) is 3.08. The Morgan fingerprint density at radius 1 is 1.47 bits per heavy atom. The third-order valence-corrected chi connectivity index (χ3v) is 3.87. The lowest BCUT2D eigenvalue weighted by Gasteiger charge is -2.31. The van der Waals surface area contributed by atoms with Gasteiger partial charge in [0.15, 0.2) is 0 Å². The van der Waals surface area contributed by atoms with Gasteiger partial charge in [0.25, 0.3) is 0 Å². The van der Waals surface area contributed by atoms with E-state index in [2.05, 4.69) is 0 Å². The lowest BCUT2D eigenvalue weighted by molar-refractivity contribution is -0.143. The molecule has 2 aliphatic rings. The lowest BCUT2D eigenvalue weighted by Crippen LogP contribution is -2.47. The predicted octanol–water partition coefficient (Wildman–Crippen LogP) is 0.461. The number of carboxylic acids is 1. The highest BCUT2D eigenvalue weighted by atomic mass is 16.4. The highest BCUT2D eigenvalue weighted by Gasteiger charge is 2.48. The summed E-state index contributed by atoms with van der Waals surface area (Å²) in [5.41, 5.74) is 0. The maximum atomic E-state index is 12.3. The molecule has 1 N–H and O–H groups in total. The molecular formula is C13H20N2O4. The van der Waals surface area contributed by atoms with E-state index in [0.717, 1.165) is 12.8 Å². The number of carboxylic acid groups (broad SMARTS) is 1. The van der Waals surface area contributed by atoms with Crippen LogP contribution in [-0.4, -0.2) is 57.4 Å². The number of carbonyl (C=O) groups is 3. The van der Waals surface area contributed by atoms with Crippen LogP contribution in [-0.2, 0) is 14.4 Å². The average molecular weight is 268 g/mol. The smallest absolute Gasteiger partial charge is 0.304 e. The minimum absolute atomic E-state index is 0.0186. The number of hydrogen-bond donors (Lipinski definition) is 1. The van der Waals surface area contributed by atoms with Crippen LogP contribution in [0.15, 0.2) is 0 Å². The second kappa shape index (κ2) is 5.28. The molecule has 2 amide bonds. The molecule has 0 spiro atoms. The second-order valence-corrected chi connectivity index (χ2v) is 5.33. The van der Waals surface area contributed by atoms with E-state index >= 15 is 0 Å².